The van der Waals surface area contributed by atoms with Crippen LogP contribution < -0.4 is 15.5 Å². The Morgan fingerprint density at radius 1 is 1.00 bits per heavy atom. The van der Waals surface area contributed by atoms with E-state index in [9.17, 15) is 13.6 Å². The fraction of sp³-hybridized carbons (Fsp3) is 0.571. The van der Waals surface area contributed by atoms with Gasteiger partial charge in [0.05, 0.1) is 24.2 Å². The maximum Gasteiger partial charge on any atom is 0.296 e. The Hall–Kier alpha value is -3.38. The first kappa shape index (κ1) is 26.8. The number of likely N-dealkylation sites (tertiary alicyclic amines) is 1. The summed E-state index contributed by atoms with van der Waals surface area (Å²) in [4.78, 5) is 30.5. The van der Waals surface area contributed by atoms with Gasteiger partial charge >= 0.3 is 0 Å². The molecule has 0 radical (unpaired) electrons. The molecular weight excluding hydrogens is 518 g/mol. The van der Waals surface area contributed by atoms with E-state index in [0.717, 1.165) is 32.5 Å². The van der Waals surface area contributed by atoms with Crippen molar-refractivity contribution in [3.8, 4) is 5.82 Å². The van der Waals surface area contributed by atoms with Crippen LogP contribution in [0.25, 0.3) is 16.9 Å². The molecule has 1 aliphatic carbocycles. The SMILES string of the molecule is O=C(CCN1CCCCC1)NC1CC(Nc2cc(-n3c(C(F)F)nc4ccccc43)nc(N3CCOCC3)n2)C1. The van der Waals surface area contributed by atoms with Crippen molar-refractivity contribution in [2.45, 2.75) is 57.0 Å². The second-order valence-corrected chi connectivity index (χ2v) is 10.8. The first-order valence-electron chi connectivity index (χ1n) is 14.3. The van der Waals surface area contributed by atoms with Gasteiger partial charge in [0.15, 0.2) is 5.82 Å². The number of para-hydroxylation sites is 2. The van der Waals surface area contributed by atoms with Gasteiger partial charge in [-0.25, -0.2) is 13.8 Å². The highest BCUT2D eigenvalue weighted by Gasteiger charge is 2.31. The van der Waals surface area contributed by atoms with Gasteiger partial charge in [-0.1, -0.05) is 18.6 Å². The minimum absolute atomic E-state index is 0.0967. The topological polar surface area (TPSA) is 100 Å². The zero-order valence-corrected chi connectivity index (χ0v) is 22.6. The second kappa shape index (κ2) is 12.0. The monoisotopic (exact) mass is 554 g/mol. The molecule has 0 atom stereocenters. The summed E-state index contributed by atoms with van der Waals surface area (Å²) in [6.45, 7) is 5.32. The summed E-state index contributed by atoms with van der Waals surface area (Å²) in [5.41, 5.74) is 1.04. The van der Waals surface area contributed by atoms with Gasteiger partial charge in [-0.15, -0.1) is 0 Å². The maximum atomic E-state index is 14.1. The number of nitrogens with zero attached hydrogens (tertiary/aromatic N) is 6. The van der Waals surface area contributed by atoms with E-state index in [1.54, 1.807) is 30.3 Å². The van der Waals surface area contributed by atoms with E-state index in [4.69, 9.17) is 14.7 Å². The maximum absolute atomic E-state index is 14.1. The summed E-state index contributed by atoms with van der Waals surface area (Å²) in [5.74, 6) is 1.10. The molecule has 40 heavy (non-hydrogen) atoms. The molecule has 10 nitrogen and oxygen atoms in total. The standard InChI is InChI=1S/C28H36F2N8O2/c29-26(30)27-33-21-6-2-3-7-22(21)38(27)24-18-23(34-28(35-24)37-12-14-40-15-13-37)31-19-16-20(17-19)32-25(39)8-11-36-9-4-1-5-10-36/h2-3,6-7,18-20,26H,1,4-5,8-17H2,(H,32,39)(H,31,34,35). The molecule has 0 unspecified atom stereocenters. The van der Waals surface area contributed by atoms with Crippen LogP contribution >= 0.6 is 0 Å². The number of ether oxygens (including phenoxy) is 1. The van der Waals surface area contributed by atoms with Gasteiger partial charge in [-0.05, 0) is 50.9 Å². The molecule has 0 spiro atoms. The van der Waals surface area contributed by atoms with Gasteiger partial charge in [-0.3, -0.25) is 9.36 Å². The van der Waals surface area contributed by atoms with E-state index < -0.39 is 6.43 Å². The average molecular weight is 555 g/mol. The predicted octanol–water partition coefficient (Wildman–Crippen LogP) is 3.52. The molecule has 0 bridgehead atoms. The van der Waals surface area contributed by atoms with Crippen molar-refractivity contribution in [1.82, 2.24) is 29.7 Å². The van der Waals surface area contributed by atoms with Gasteiger partial charge in [0.25, 0.3) is 6.43 Å². The molecule has 2 aliphatic heterocycles. The Labute approximate surface area is 232 Å². The fourth-order valence-electron chi connectivity index (χ4n) is 5.75. The highest BCUT2D eigenvalue weighted by molar-refractivity contribution is 5.78. The molecule has 1 aromatic carbocycles. The largest absolute Gasteiger partial charge is 0.378 e. The smallest absolute Gasteiger partial charge is 0.296 e. The molecule has 3 aromatic rings. The van der Waals surface area contributed by atoms with Crippen LogP contribution in [0.3, 0.4) is 0 Å². The van der Waals surface area contributed by atoms with E-state index in [1.807, 2.05) is 4.90 Å². The number of morpholine rings is 1. The quantitative estimate of drug-likeness (QED) is 0.415. The molecule has 2 N–H and O–H groups in total. The first-order chi connectivity index (χ1) is 19.5. The lowest BCUT2D eigenvalue weighted by Gasteiger charge is -2.37. The first-order valence-corrected chi connectivity index (χ1v) is 14.3. The number of carbonyl (C=O) groups is 1. The van der Waals surface area contributed by atoms with Crippen molar-refractivity contribution in [3.63, 3.8) is 0 Å². The molecule has 1 amide bonds. The minimum atomic E-state index is -2.77. The van der Waals surface area contributed by atoms with E-state index in [-0.39, 0.29) is 23.8 Å². The lowest BCUT2D eigenvalue weighted by molar-refractivity contribution is -0.122. The number of carbonyl (C=O) groups excluding carboxylic acids is 1. The van der Waals surface area contributed by atoms with Crippen molar-refractivity contribution in [3.05, 3.63) is 36.2 Å². The predicted molar refractivity (Wildman–Crippen MR) is 148 cm³/mol. The molecule has 1 saturated carbocycles. The molecular formula is C28H36F2N8O2. The van der Waals surface area contributed by atoms with Gasteiger partial charge < -0.3 is 25.2 Å². The molecule has 2 saturated heterocycles. The molecule has 4 heterocycles. The van der Waals surface area contributed by atoms with Gasteiger partial charge in [0, 0.05) is 44.2 Å². The van der Waals surface area contributed by atoms with Crippen LogP contribution in [0.5, 0.6) is 0 Å². The Balaban J connectivity index is 1.16. The number of anilines is 2. The zero-order valence-electron chi connectivity index (χ0n) is 22.6. The lowest BCUT2D eigenvalue weighted by Crippen LogP contribution is -2.50. The van der Waals surface area contributed by atoms with Crippen molar-refractivity contribution >= 4 is 28.7 Å². The van der Waals surface area contributed by atoms with Gasteiger partial charge in [-0.2, -0.15) is 9.97 Å². The number of hydrogen-bond acceptors (Lipinski definition) is 8. The van der Waals surface area contributed by atoms with E-state index in [1.165, 1.54) is 23.8 Å². The molecule has 214 valence electrons. The number of fused-ring (bicyclic) bond motifs is 1. The van der Waals surface area contributed by atoms with Gasteiger partial charge in [0.1, 0.15) is 11.6 Å². The van der Waals surface area contributed by atoms with Crippen LogP contribution in [0.4, 0.5) is 20.5 Å². The van der Waals surface area contributed by atoms with Crippen LogP contribution in [-0.2, 0) is 9.53 Å². The summed E-state index contributed by atoms with van der Waals surface area (Å²) in [6.07, 6.45) is 3.03. The van der Waals surface area contributed by atoms with Crippen LogP contribution in [0.1, 0.15) is 50.8 Å². The van der Waals surface area contributed by atoms with Crippen molar-refractivity contribution in [1.29, 1.82) is 0 Å². The highest BCUT2D eigenvalue weighted by Crippen LogP contribution is 2.30. The third kappa shape index (κ3) is 6.02. The Bertz CT molecular complexity index is 1320. The van der Waals surface area contributed by atoms with Crippen LogP contribution in [0.2, 0.25) is 0 Å². The van der Waals surface area contributed by atoms with Crippen LogP contribution in [0.15, 0.2) is 30.3 Å². The van der Waals surface area contributed by atoms with Crippen molar-refractivity contribution in [2.24, 2.45) is 0 Å². The van der Waals surface area contributed by atoms with Crippen molar-refractivity contribution < 1.29 is 18.3 Å². The number of imidazole rings is 1. The molecule has 12 heteroatoms. The number of rotatable bonds is 9. The second-order valence-electron chi connectivity index (χ2n) is 10.8. The zero-order chi connectivity index (χ0) is 27.5. The minimum Gasteiger partial charge on any atom is -0.378 e. The van der Waals surface area contributed by atoms with Crippen LogP contribution in [-0.4, -0.2) is 88.3 Å². The Morgan fingerprint density at radius 3 is 2.55 bits per heavy atom. The summed E-state index contributed by atoms with van der Waals surface area (Å²) >= 11 is 0. The van der Waals surface area contributed by atoms with Crippen LogP contribution in [0, 0.1) is 0 Å². The number of hydrogen-bond donors (Lipinski definition) is 2. The number of amides is 1. The number of piperidine rings is 1. The average Bonchev–Trinajstić information content (AvgIpc) is 3.36. The Morgan fingerprint density at radius 2 is 1.77 bits per heavy atom. The third-order valence-corrected chi connectivity index (χ3v) is 7.96. The number of aromatic nitrogens is 4. The number of benzene rings is 1. The summed E-state index contributed by atoms with van der Waals surface area (Å²) < 4.78 is 35.1. The molecule has 2 aromatic heterocycles. The molecule has 3 aliphatic rings. The fourth-order valence-corrected chi connectivity index (χ4v) is 5.75. The summed E-state index contributed by atoms with van der Waals surface area (Å²) in [5, 5.41) is 6.61. The third-order valence-electron chi connectivity index (χ3n) is 7.96. The lowest BCUT2D eigenvalue weighted by atomic mass is 9.86. The summed E-state index contributed by atoms with van der Waals surface area (Å²) in [6, 6.07) is 9.00. The normalized spacial score (nSPS) is 21.9. The van der Waals surface area contributed by atoms with E-state index >= 15 is 0 Å². The van der Waals surface area contributed by atoms with Crippen molar-refractivity contribution in [2.75, 3.05) is 56.2 Å². The highest BCUT2D eigenvalue weighted by atomic mass is 19.3. The summed E-state index contributed by atoms with van der Waals surface area (Å²) in [7, 11) is 0. The number of alkyl halides is 2. The van der Waals surface area contributed by atoms with Gasteiger partial charge in [0.2, 0.25) is 11.9 Å². The number of halogens is 2. The number of nitrogens with one attached hydrogen (secondary N) is 2. The Kier molecular flexibility index (Phi) is 8.05. The van der Waals surface area contributed by atoms with E-state index in [2.05, 4.69) is 20.5 Å². The van der Waals surface area contributed by atoms with E-state index in [0.29, 0.717) is 61.3 Å². The molecule has 6 rings (SSSR count). The molecule has 3 fully saturated rings.